The van der Waals surface area contributed by atoms with E-state index >= 15 is 0 Å². The maximum Gasteiger partial charge on any atom is 0.315 e. The summed E-state index contributed by atoms with van der Waals surface area (Å²) in [5.74, 6) is 0.413. The maximum absolute atomic E-state index is 11.8. The zero-order valence-electron chi connectivity index (χ0n) is 13.9. The van der Waals surface area contributed by atoms with Crippen LogP contribution >= 0.6 is 11.3 Å². The molecule has 0 atom stereocenters. The van der Waals surface area contributed by atoms with E-state index in [1.165, 1.54) is 10.9 Å². The number of sulfone groups is 1. The van der Waals surface area contributed by atoms with Crippen molar-refractivity contribution in [3.63, 3.8) is 0 Å². The lowest BCUT2D eigenvalue weighted by Gasteiger charge is -2.15. The molecule has 2 heterocycles. The average molecular weight is 372 g/mol. The van der Waals surface area contributed by atoms with Crippen LogP contribution in [0.3, 0.4) is 0 Å². The molecule has 0 saturated heterocycles. The number of hydrogen-bond donors (Lipinski definition) is 2. The lowest BCUT2D eigenvalue weighted by Crippen LogP contribution is -2.34. The maximum atomic E-state index is 11.8. The van der Waals surface area contributed by atoms with E-state index in [-0.39, 0.29) is 22.8 Å². The highest BCUT2D eigenvalue weighted by Gasteiger charge is 2.17. The summed E-state index contributed by atoms with van der Waals surface area (Å²) in [6.45, 7) is 6.24. The Morgan fingerprint density at radius 2 is 1.92 bits per heavy atom. The number of amides is 2. The Morgan fingerprint density at radius 1 is 1.25 bits per heavy atom. The molecule has 0 saturated carbocycles. The number of rotatable bonds is 5. The van der Waals surface area contributed by atoms with Crippen molar-refractivity contribution in [2.75, 3.05) is 6.26 Å². The van der Waals surface area contributed by atoms with Gasteiger partial charge in [0, 0.05) is 11.1 Å². The van der Waals surface area contributed by atoms with Gasteiger partial charge in [-0.15, -0.1) is 21.5 Å². The first-order chi connectivity index (χ1) is 11.1. The van der Waals surface area contributed by atoms with Crippen molar-refractivity contribution in [2.45, 2.75) is 43.6 Å². The minimum Gasteiger partial charge on any atom is -0.333 e. The Balaban J connectivity index is 1.81. The topological polar surface area (TPSA) is 119 Å². The molecule has 9 nitrogen and oxygen atoms in total. The number of hydrogen-bond acceptors (Lipinski definition) is 7. The fourth-order valence-electron chi connectivity index (χ4n) is 1.64. The van der Waals surface area contributed by atoms with Crippen LogP contribution in [0.1, 0.15) is 31.5 Å². The predicted molar refractivity (Wildman–Crippen MR) is 89.3 cm³/mol. The molecule has 0 unspecified atom stereocenters. The van der Waals surface area contributed by atoms with Crippen molar-refractivity contribution >= 4 is 27.2 Å². The van der Waals surface area contributed by atoms with Gasteiger partial charge in [-0.25, -0.2) is 13.2 Å². The highest BCUT2D eigenvalue weighted by Crippen LogP contribution is 2.21. The molecule has 0 aliphatic carbocycles. The fourth-order valence-corrected chi connectivity index (χ4v) is 3.56. The van der Waals surface area contributed by atoms with E-state index in [1.807, 2.05) is 20.8 Å². The van der Waals surface area contributed by atoms with E-state index in [9.17, 15) is 13.2 Å². The smallest absolute Gasteiger partial charge is 0.315 e. The second-order valence-electron chi connectivity index (χ2n) is 6.20. The summed E-state index contributed by atoms with van der Waals surface area (Å²) in [6.07, 6.45) is 1.15. The van der Waals surface area contributed by atoms with Crippen LogP contribution in [0, 0.1) is 0 Å². The van der Waals surface area contributed by atoms with Gasteiger partial charge in [-0.1, -0.05) is 0 Å². The van der Waals surface area contributed by atoms with Crippen molar-refractivity contribution in [3.05, 3.63) is 22.8 Å². The number of thiophene rings is 1. The van der Waals surface area contributed by atoms with Gasteiger partial charge in [0.15, 0.2) is 15.7 Å². The van der Waals surface area contributed by atoms with Crippen molar-refractivity contribution in [3.8, 4) is 0 Å². The SMILES string of the molecule is CC(C)(C)n1nnc(CNC(=O)NCc2ccc(S(C)(=O)=O)s2)n1. The lowest BCUT2D eigenvalue weighted by atomic mass is 10.1. The standard InChI is InChI=1S/C13H20N6O3S2/c1-13(2,3)19-17-10(16-18-19)8-15-12(20)14-7-9-5-6-11(23-9)24(4,21)22/h5-6H,7-8H2,1-4H3,(H2,14,15,20). The number of urea groups is 1. The minimum atomic E-state index is -3.21. The largest absolute Gasteiger partial charge is 0.333 e. The first-order valence-corrected chi connectivity index (χ1v) is 9.86. The van der Waals surface area contributed by atoms with Gasteiger partial charge in [0.2, 0.25) is 0 Å². The number of nitrogens with zero attached hydrogens (tertiary/aromatic N) is 4. The van der Waals surface area contributed by atoms with Crippen molar-refractivity contribution in [2.24, 2.45) is 0 Å². The highest BCUT2D eigenvalue weighted by atomic mass is 32.2. The van der Waals surface area contributed by atoms with Gasteiger partial charge in [0.05, 0.1) is 18.6 Å². The van der Waals surface area contributed by atoms with Crippen LogP contribution in [-0.2, 0) is 28.5 Å². The molecule has 2 aromatic rings. The zero-order valence-corrected chi connectivity index (χ0v) is 15.5. The van der Waals surface area contributed by atoms with Gasteiger partial charge >= 0.3 is 6.03 Å². The fraction of sp³-hybridized carbons (Fsp3) is 0.538. The Bertz CT molecular complexity index is 819. The van der Waals surface area contributed by atoms with Crippen LogP contribution in [0.25, 0.3) is 0 Å². The monoisotopic (exact) mass is 372 g/mol. The van der Waals surface area contributed by atoms with E-state index in [2.05, 4.69) is 26.0 Å². The molecular weight excluding hydrogens is 352 g/mol. The van der Waals surface area contributed by atoms with E-state index < -0.39 is 15.9 Å². The number of aromatic nitrogens is 4. The molecule has 0 fully saturated rings. The van der Waals surface area contributed by atoms with Crippen molar-refractivity contribution in [1.82, 2.24) is 30.8 Å². The Labute approximate surface area is 144 Å². The highest BCUT2D eigenvalue weighted by molar-refractivity contribution is 7.92. The molecule has 132 valence electrons. The van der Waals surface area contributed by atoms with Crippen LogP contribution in [0.15, 0.2) is 16.3 Å². The molecule has 2 amide bonds. The molecule has 0 radical (unpaired) electrons. The molecular formula is C13H20N6O3S2. The third-order valence-corrected chi connectivity index (χ3v) is 5.79. The molecule has 0 aromatic carbocycles. The summed E-state index contributed by atoms with van der Waals surface area (Å²) in [5, 5.41) is 17.3. The van der Waals surface area contributed by atoms with Crippen LogP contribution in [-0.4, -0.2) is 40.9 Å². The molecule has 0 bridgehead atoms. The van der Waals surface area contributed by atoms with E-state index in [1.54, 1.807) is 6.07 Å². The van der Waals surface area contributed by atoms with Crippen molar-refractivity contribution < 1.29 is 13.2 Å². The summed E-state index contributed by atoms with van der Waals surface area (Å²) < 4.78 is 23.1. The van der Waals surface area contributed by atoms with Crippen molar-refractivity contribution in [1.29, 1.82) is 0 Å². The van der Waals surface area contributed by atoms with Gasteiger partial charge < -0.3 is 10.6 Å². The van der Waals surface area contributed by atoms with E-state index in [0.29, 0.717) is 5.82 Å². The van der Waals surface area contributed by atoms with E-state index in [4.69, 9.17) is 0 Å². The number of tetrazole rings is 1. The molecule has 11 heteroatoms. The number of carbonyl (C=O) groups is 1. The quantitative estimate of drug-likeness (QED) is 0.804. The third kappa shape index (κ3) is 4.99. The number of nitrogens with one attached hydrogen (secondary N) is 2. The van der Waals surface area contributed by atoms with Gasteiger partial charge in [-0.3, -0.25) is 0 Å². The second-order valence-corrected chi connectivity index (χ2v) is 9.61. The first-order valence-electron chi connectivity index (χ1n) is 7.15. The summed E-state index contributed by atoms with van der Waals surface area (Å²) in [5.41, 5.74) is -0.274. The Morgan fingerprint density at radius 3 is 2.46 bits per heavy atom. The molecule has 0 spiro atoms. The van der Waals surface area contributed by atoms with Crippen LogP contribution in [0.2, 0.25) is 0 Å². The molecule has 2 rings (SSSR count). The summed E-state index contributed by atoms with van der Waals surface area (Å²) >= 11 is 1.13. The minimum absolute atomic E-state index is 0.154. The molecule has 2 aromatic heterocycles. The molecule has 0 aliphatic rings. The van der Waals surface area contributed by atoms with Crippen LogP contribution in [0.5, 0.6) is 0 Å². The predicted octanol–water partition coefficient (Wildman–Crippen LogP) is 0.892. The van der Waals surface area contributed by atoms with Gasteiger partial charge in [-0.05, 0) is 38.1 Å². The normalized spacial score (nSPS) is 12.2. The first kappa shape index (κ1) is 18.3. The lowest BCUT2D eigenvalue weighted by molar-refractivity contribution is 0.240. The molecule has 0 aliphatic heterocycles. The number of carbonyl (C=O) groups excluding carboxylic acids is 1. The summed E-state index contributed by atoms with van der Waals surface area (Å²) in [7, 11) is -3.21. The third-order valence-electron chi connectivity index (χ3n) is 2.89. The summed E-state index contributed by atoms with van der Waals surface area (Å²) in [4.78, 5) is 14.0. The van der Waals surface area contributed by atoms with Gasteiger partial charge in [-0.2, -0.15) is 4.80 Å². The zero-order chi connectivity index (χ0) is 18.0. The second kappa shape index (κ2) is 6.85. The van der Waals surface area contributed by atoms with Gasteiger partial charge in [0.25, 0.3) is 0 Å². The van der Waals surface area contributed by atoms with E-state index in [0.717, 1.165) is 22.5 Å². The Kier molecular flexibility index (Phi) is 5.23. The average Bonchev–Trinajstić information content (AvgIpc) is 3.10. The molecule has 24 heavy (non-hydrogen) atoms. The van der Waals surface area contributed by atoms with Crippen LogP contribution < -0.4 is 10.6 Å². The van der Waals surface area contributed by atoms with Crippen LogP contribution in [0.4, 0.5) is 4.79 Å². The molecule has 2 N–H and O–H groups in total. The Hall–Kier alpha value is -2.01. The summed E-state index contributed by atoms with van der Waals surface area (Å²) in [6, 6.07) is 2.82. The van der Waals surface area contributed by atoms with Gasteiger partial charge in [0.1, 0.15) is 4.21 Å².